The van der Waals surface area contributed by atoms with Crippen LogP contribution in [0.3, 0.4) is 0 Å². The maximum atomic E-state index is 12.1. The summed E-state index contributed by atoms with van der Waals surface area (Å²) in [5.41, 5.74) is -1.33. The van der Waals surface area contributed by atoms with Crippen LogP contribution in [0.5, 0.6) is 5.75 Å². The molecule has 7 heteroatoms. The summed E-state index contributed by atoms with van der Waals surface area (Å²) in [5.74, 6) is -0.707. The normalized spacial score (nSPS) is 16.9. The van der Waals surface area contributed by atoms with Crippen LogP contribution in [0.15, 0.2) is 24.3 Å². The van der Waals surface area contributed by atoms with Crippen LogP contribution in [0.1, 0.15) is 26.7 Å². The van der Waals surface area contributed by atoms with Crippen molar-refractivity contribution in [2.45, 2.75) is 38.4 Å². The second kappa shape index (κ2) is 7.85. The van der Waals surface area contributed by atoms with Crippen molar-refractivity contribution in [2.75, 3.05) is 19.7 Å². The number of carbonyl (C=O) groups excluding carboxylic acids is 1. The van der Waals surface area contributed by atoms with Crippen molar-refractivity contribution in [3.8, 4) is 5.75 Å². The number of rotatable bonds is 6. The van der Waals surface area contributed by atoms with E-state index in [1.54, 1.807) is 29.2 Å². The van der Waals surface area contributed by atoms with Crippen molar-refractivity contribution >= 4 is 23.5 Å². The monoisotopic (exact) mass is 355 g/mol. The van der Waals surface area contributed by atoms with Crippen LogP contribution in [0, 0.1) is 0 Å². The van der Waals surface area contributed by atoms with Gasteiger partial charge in [0.25, 0.3) is 0 Å². The summed E-state index contributed by atoms with van der Waals surface area (Å²) >= 11 is 5.83. The molecule has 2 rings (SSSR count). The van der Waals surface area contributed by atoms with Gasteiger partial charge in [-0.15, -0.1) is 0 Å². The van der Waals surface area contributed by atoms with Crippen LogP contribution >= 0.6 is 11.6 Å². The van der Waals surface area contributed by atoms with Gasteiger partial charge in [-0.3, -0.25) is 4.79 Å². The molecule has 1 saturated heterocycles. The minimum absolute atomic E-state index is 0.00970. The summed E-state index contributed by atoms with van der Waals surface area (Å²) in [5, 5.41) is 10.2. The highest BCUT2D eigenvalue weighted by atomic mass is 35.5. The van der Waals surface area contributed by atoms with E-state index in [1.807, 2.05) is 13.8 Å². The van der Waals surface area contributed by atoms with Gasteiger partial charge in [0, 0.05) is 31.0 Å². The first-order chi connectivity index (χ1) is 11.3. The molecule has 0 bridgehead atoms. The predicted octanol–water partition coefficient (Wildman–Crippen LogP) is 2.59. The van der Waals surface area contributed by atoms with Gasteiger partial charge in [-0.25, -0.2) is 4.79 Å². The molecule has 0 unspecified atom stereocenters. The van der Waals surface area contributed by atoms with Crippen molar-refractivity contribution in [1.29, 1.82) is 0 Å². The highest BCUT2D eigenvalue weighted by molar-refractivity contribution is 6.30. The Bertz CT molecular complexity index is 579. The van der Waals surface area contributed by atoms with Crippen molar-refractivity contribution in [3.05, 3.63) is 29.3 Å². The Morgan fingerprint density at radius 1 is 1.25 bits per heavy atom. The molecule has 1 N–H and O–H groups in total. The van der Waals surface area contributed by atoms with Crippen LogP contribution in [-0.4, -0.2) is 53.3 Å². The molecular weight excluding hydrogens is 334 g/mol. The van der Waals surface area contributed by atoms with E-state index in [9.17, 15) is 14.7 Å². The molecule has 1 aliphatic rings. The number of aliphatic carboxylic acids is 1. The van der Waals surface area contributed by atoms with Gasteiger partial charge in [0.1, 0.15) is 12.4 Å². The number of likely N-dealkylation sites (tertiary alicyclic amines) is 1. The van der Waals surface area contributed by atoms with E-state index in [0.717, 1.165) is 0 Å². The number of carboxylic acid groups (broad SMARTS) is 1. The number of carbonyl (C=O) groups is 2. The zero-order valence-electron chi connectivity index (χ0n) is 13.8. The smallest absolute Gasteiger partial charge is 0.348 e. The highest BCUT2D eigenvalue weighted by Gasteiger charge is 2.44. The molecule has 0 spiro atoms. The molecule has 1 aliphatic heterocycles. The number of piperidine rings is 1. The Morgan fingerprint density at radius 2 is 1.83 bits per heavy atom. The van der Waals surface area contributed by atoms with E-state index >= 15 is 0 Å². The molecule has 0 aliphatic carbocycles. The first kappa shape index (κ1) is 18.5. The van der Waals surface area contributed by atoms with Crippen LogP contribution in [-0.2, 0) is 14.3 Å². The number of benzene rings is 1. The third-order valence-electron chi connectivity index (χ3n) is 3.98. The quantitative estimate of drug-likeness (QED) is 0.848. The lowest BCUT2D eigenvalue weighted by molar-refractivity contribution is -0.162. The summed E-state index contributed by atoms with van der Waals surface area (Å²) < 4.78 is 11.1. The molecule has 0 saturated carbocycles. The fourth-order valence-electron chi connectivity index (χ4n) is 2.53. The van der Waals surface area contributed by atoms with Crippen LogP contribution < -0.4 is 4.74 Å². The first-order valence-corrected chi connectivity index (χ1v) is 8.27. The second-order valence-electron chi connectivity index (χ2n) is 6.10. The number of amides is 1. The van der Waals surface area contributed by atoms with Gasteiger partial charge in [-0.05, 0) is 38.1 Å². The molecule has 1 aromatic rings. The van der Waals surface area contributed by atoms with Gasteiger partial charge >= 0.3 is 5.97 Å². The SMILES string of the molecule is CC(C)OCC(=O)N1CCC(Oc2ccc(Cl)cc2)(C(=O)O)CC1. The van der Waals surface area contributed by atoms with E-state index in [2.05, 4.69) is 0 Å². The summed E-state index contributed by atoms with van der Waals surface area (Å²) in [6.45, 7) is 4.37. The summed E-state index contributed by atoms with van der Waals surface area (Å²) in [4.78, 5) is 25.5. The maximum Gasteiger partial charge on any atom is 0.348 e. The molecule has 1 aromatic carbocycles. The summed E-state index contributed by atoms with van der Waals surface area (Å²) in [6.07, 6.45) is 0.418. The van der Waals surface area contributed by atoms with E-state index in [-0.39, 0.29) is 31.5 Å². The molecule has 0 aromatic heterocycles. The minimum atomic E-state index is -1.33. The van der Waals surface area contributed by atoms with Gasteiger partial charge in [0.05, 0.1) is 6.10 Å². The van der Waals surface area contributed by atoms with Gasteiger partial charge < -0.3 is 19.5 Å². The van der Waals surface area contributed by atoms with Crippen molar-refractivity contribution < 1.29 is 24.2 Å². The van der Waals surface area contributed by atoms with Crippen molar-refractivity contribution in [3.63, 3.8) is 0 Å². The van der Waals surface area contributed by atoms with Crippen LogP contribution in [0.2, 0.25) is 5.02 Å². The zero-order chi connectivity index (χ0) is 17.7. The van der Waals surface area contributed by atoms with Crippen LogP contribution in [0.25, 0.3) is 0 Å². The molecule has 6 nitrogen and oxygen atoms in total. The Kier molecular flexibility index (Phi) is 6.07. The number of halogens is 1. The van der Waals surface area contributed by atoms with Crippen molar-refractivity contribution in [2.24, 2.45) is 0 Å². The topological polar surface area (TPSA) is 76.1 Å². The summed E-state index contributed by atoms with van der Waals surface area (Å²) in [6, 6.07) is 6.57. The molecule has 24 heavy (non-hydrogen) atoms. The molecule has 0 radical (unpaired) electrons. The largest absolute Gasteiger partial charge is 0.478 e. The Morgan fingerprint density at radius 3 is 2.33 bits per heavy atom. The van der Waals surface area contributed by atoms with Gasteiger partial charge in [-0.1, -0.05) is 11.6 Å². The highest BCUT2D eigenvalue weighted by Crippen LogP contribution is 2.30. The lowest BCUT2D eigenvalue weighted by Crippen LogP contribution is -2.54. The Hall–Kier alpha value is -1.79. The molecule has 1 heterocycles. The summed E-state index contributed by atoms with van der Waals surface area (Å²) in [7, 11) is 0. The molecular formula is C17H22ClNO5. The van der Waals surface area contributed by atoms with E-state index < -0.39 is 11.6 Å². The lowest BCUT2D eigenvalue weighted by Gasteiger charge is -2.38. The van der Waals surface area contributed by atoms with Gasteiger partial charge in [0.15, 0.2) is 0 Å². The molecule has 1 fully saturated rings. The van der Waals surface area contributed by atoms with E-state index in [4.69, 9.17) is 21.1 Å². The molecule has 0 atom stereocenters. The number of hydrogen-bond acceptors (Lipinski definition) is 4. The minimum Gasteiger partial charge on any atom is -0.478 e. The zero-order valence-corrected chi connectivity index (χ0v) is 14.6. The van der Waals surface area contributed by atoms with Crippen LogP contribution in [0.4, 0.5) is 0 Å². The Labute approximate surface area is 146 Å². The van der Waals surface area contributed by atoms with Crippen molar-refractivity contribution in [1.82, 2.24) is 4.90 Å². The van der Waals surface area contributed by atoms with E-state index in [1.165, 1.54) is 0 Å². The number of carboxylic acids is 1. The van der Waals surface area contributed by atoms with Gasteiger partial charge in [0.2, 0.25) is 11.5 Å². The second-order valence-corrected chi connectivity index (χ2v) is 6.53. The van der Waals surface area contributed by atoms with E-state index in [0.29, 0.717) is 23.9 Å². The number of hydrogen-bond donors (Lipinski definition) is 1. The predicted molar refractivity (Wildman–Crippen MR) is 89.3 cm³/mol. The third kappa shape index (κ3) is 4.61. The molecule has 132 valence electrons. The fraction of sp³-hybridized carbons (Fsp3) is 0.529. The number of nitrogens with zero attached hydrogens (tertiary/aromatic N) is 1. The standard InChI is InChI=1S/C17H22ClNO5/c1-12(2)23-11-15(20)19-9-7-17(8-10-19,16(21)22)24-14-5-3-13(18)4-6-14/h3-6,12H,7-11H2,1-2H3,(H,21,22). The molecule has 1 amide bonds. The maximum absolute atomic E-state index is 12.1. The van der Waals surface area contributed by atoms with Gasteiger partial charge in [-0.2, -0.15) is 0 Å². The lowest BCUT2D eigenvalue weighted by atomic mass is 9.91. The number of ether oxygens (including phenoxy) is 2. The third-order valence-corrected chi connectivity index (χ3v) is 4.23. The average molecular weight is 356 g/mol. The average Bonchev–Trinajstić information content (AvgIpc) is 2.55. The first-order valence-electron chi connectivity index (χ1n) is 7.90. The fourth-order valence-corrected chi connectivity index (χ4v) is 2.66. The Balaban J connectivity index is 1.99.